The number of hydrogen-bond acceptors (Lipinski definition) is 1. The molecular weight excluding hydrogens is 232 g/mol. The van der Waals surface area contributed by atoms with E-state index in [1.54, 1.807) is 6.08 Å². The number of hydrogen-bond donors (Lipinski definition) is 1. The molecule has 0 aromatic heterocycles. The monoisotopic (exact) mass is 258 g/mol. The minimum absolute atomic E-state index is 0.238. The van der Waals surface area contributed by atoms with Crippen LogP contribution in [0.4, 0.5) is 0 Å². The maximum atomic E-state index is 10.8. The highest BCUT2D eigenvalue weighted by molar-refractivity contribution is 5.32. The van der Waals surface area contributed by atoms with Crippen LogP contribution in [0.2, 0.25) is 0 Å². The Balaban J connectivity index is 1.89. The molecule has 104 valence electrons. The minimum atomic E-state index is -0.829. The van der Waals surface area contributed by atoms with Gasteiger partial charge in [-0.05, 0) is 42.4 Å². The van der Waals surface area contributed by atoms with E-state index in [-0.39, 0.29) is 5.92 Å². The Kier molecular flexibility index (Phi) is 2.83. The van der Waals surface area contributed by atoms with E-state index < -0.39 is 5.60 Å². The number of aliphatic hydroxyl groups is 1. The van der Waals surface area contributed by atoms with E-state index in [9.17, 15) is 5.11 Å². The molecule has 1 fully saturated rings. The first-order chi connectivity index (χ1) is 8.92. The van der Waals surface area contributed by atoms with Crippen molar-refractivity contribution < 1.29 is 5.11 Å². The maximum Gasteiger partial charge on any atom is 0.107 e. The van der Waals surface area contributed by atoms with Crippen LogP contribution in [-0.4, -0.2) is 10.7 Å². The predicted molar refractivity (Wildman–Crippen MR) is 79.6 cm³/mol. The molecule has 0 spiro atoms. The summed E-state index contributed by atoms with van der Waals surface area (Å²) in [5.41, 5.74) is 1.15. The normalized spacial score (nSPS) is 47.3. The molecule has 19 heavy (non-hydrogen) atoms. The van der Waals surface area contributed by atoms with Crippen LogP contribution in [-0.2, 0) is 0 Å². The molecule has 0 radical (unpaired) electrons. The molecule has 0 unspecified atom stereocenters. The average molecular weight is 258 g/mol. The summed E-state index contributed by atoms with van der Waals surface area (Å²) in [7, 11) is 0. The topological polar surface area (TPSA) is 20.2 Å². The van der Waals surface area contributed by atoms with Crippen molar-refractivity contribution in [3.63, 3.8) is 0 Å². The van der Waals surface area contributed by atoms with Crippen molar-refractivity contribution in [2.24, 2.45) is 29.1 Å². The summed E-state index contributed by atoms with van der Waals surface area (Å²) >= 11 is 0. The van der Waals surface area contributed by atoms with Gasteiger partial charge >= 0.3 is 0 Å². The quantitative estimate of drug-likeness (QED) is 0.739. The van der Waals surface area contributed by atoms with E-state index in [2.05, 4.69) is 39.5 Å². The third kappa shape index (κ3) is 1.78. The van der Waals surface area contributed by atoms with Gasteiger partial charge in [0.25, 0.3) is 0 Å². The van der Waals surface area contributed by atoms with Crippen LogP contribution in [0.15, 0.2) is 36.5 Å². The molecule has 0 amide bonds. The standard InChI is InChI=1S/C18H26O/c1-5-18(19)11-7-6-8-14(18)13-9-10-15-16(12(13)2)17(15,3)4/h5,7,9,11-12,14-16,19H,1,6,8,10H2,2-4H3/t12-,14+,15-,16+,18+/m1/s1. The van der Waals surface area contributed by atoms with Crippen LogP contribution in [0, 0.1) is 29.1 Å². The first-order valence-electron chi connectivity index (χ1n) is 7.65. The average Bonchev–Trinajstić information content (AvgIpc) is 2.95. The lowest BCUT2D eigenvalue weighted by atomic mass is 9.69. The van der Waals surface area contributed by atoms with Gasteiger partial charge in [-0.3, -0.25) is 0 Å². The van der Waals surface area contributed by atoms with E-state index in [4.69, 9.17) is 0 Å². The van der Waals surface area contributed by atoms with Crippen molar-refractivity contribution >= 4 is 0 Å². The van der Waals surface area contributed by atoms with Gasteiger partial charge in [-0.2, -0.15) is 0 Å². The summed E-state index contributed by atoms with van der Waals surface area (Å²) in [4.78, 5) is 0. The molecule has 1 saturated carbocycles. The van der Waals surface area contributed by atoms with Gasteiger partial charge in [0.1, 0.15) is 5.60 Å². The largest absolute Gasteiger partial charge is 0.381 e. The third-order valence-electron chi connectivity index (χ3n) is 6.11. The van der Waals surface area contributed by atoms with Gasteiger partial charge in [0.15, 0.2) is 0 Å². The number of allylic oxidation sites excluding steroid dienone is 2. The van der Waals surface area contributed by atoms with E-state index in [1.807, 2.05) is 6.08 Å². The first-order valence-corrected chi connectivity index (χ1v) is 7.65. The summed E-state index contributed by atoms with van der Waals surface area (Å²) < 4.78 is 0. The maximum absolute atomic E-state index is 10.8. The summed E-state index contributed by atoms with van der Waals surface area (Å²) in [5, 5.41) is 10.8. The number of fused-ring (bicyclic) bond motifs is 1. The van der Waals surface area contributed by atoms with Gasteiger partial charge in [0.2, 0.25) is 0 Å². The molecule has 3 aliphatic rings. The van der Waals surface area contributed by atoms with Gasteiger partial charge in [-0.25, -0.2) is 0 Å². The Labute approximate surface area is 117 Å². The summed E-state index contributed by atoms with van der Waals surface area (Å²) in [6.07, 6.45) is 11.5. The van der Waals surface area contributed by atoms with Gasteiger partial charge < -0.3 is 5.11 Å². The molecule has 0 aromatic carbocycles. The summed E-state index contributed by atoms with van der Waals surface area (Å²) in [6, 6.07) is 0. The molecule has 0 bridgehead atoms. The van der Waals surface area contributed by atoms with Crippen LogP contribution in [0.25, 0.3) is 0 Å². The van der Waals surface area contributed by atoms with E-state index in [1.165, 1.54) is 12.0 Å². The Morgan fingerprint density at radius 2 is 2.16 bits per heavy atom. The van der Waals surface area contributed by atoms with Crippen molar-refractivity contribution in [3.8, 4) is 0 Å². The molecule has 0 heterocycles. The van der Waals surface area contributed by atoms with E-state index in [0.29, 0.717) is 11.3 Å². The zero-order valence-electron chi connectivity index (χ0n) is 12.4. The SMILES string of the molecule is C=C[C@]1(O)C=CCC[C@H]1C1=CC[C@@H]2[C@H]([C@@H]1C)C2(C)C. The lowest BCUT2D eigenvalue weighted by Crippen LogP contribution is -2.39. The second-order valence-electron chi connectivity index (χ2n) is 7.31. The molecular formula is C18H26O. The van der Waals surface area contributed by atoms with Gasteiger partial charge in [0, 0.05) is 5.92 Å². The molecule has 1 nitrogen and oxygen atoms in total. The Morgan fingerprint density at radius 3 is 2.84 bits per heavy atom. The Bertz CT molecular complexity index is 456. The highest BCUT2D eigenvalue weighted by atomic mass is 16.3. The smallest absolute Gasteiger partial charge is 0.107 e. The van der Waals surface area contributed by atoms with E-state index >= 15 is 0 Å². The van der Waals surface area contributed by atoms with Gasteiger partial charge in [0.05, 0.1) is 0 Å². The van der Waals surface area contributed by atoms with Gasteiger partial charge in [-0.15, -0.1) is 0 Å². The van der Waals surface area contributed by atoms with Crippen molar-refractivity contribution in [2.45, 2.75) is 45.6 Å². The third-order valence-corrected chi connectivity index (χ3v) is 6.11. The fraction of sp³-hybridized carbons (Fsp3) is 0.667. The molecule has 0 aromatic rings. The molecule has 1 N–H and O–H groups in total. The molecule has 3 aliphatic carbocycles. The molecule has 5 atom stereocenters. The van der Waals surface area contributed by atoms with Crippen LogP contribution < -0.4 is 0 Å². The van der Waals surface area contributed by atoms with E-state index in [0.717, 1.165) is 24.7 Å². The molecule has 0 aliphatic heterocycles. The fourth-order valence-corrected chi connectivity index (χ4v) is 4.87. The minimum Gasteiger partial charge on any atom is -0.381 e. The lowest BCUT2D eigenvalue weighted by molar-refractivity contribution is 0.0755. The second-order valence-corrected chi connectivity index (χ2v) is 7.31. The second kappa shape index (κ2) is 4.09. The van der Waals surface area contributed by atoms with Crippen LogP contribution in [0.1, 0.15) is 40.0 Å². The first kappa shape index (κ1) is 13.2. The zero-order chi connectivity index (χ0) is 13.8. The predicted octanol–water partition coefficient (Wildman–Crippen LogP) is 4.11. The number of rotatable bonds is 2. The van der Waals surface area contributed by atoms with Crippen LogP contribution in [0.5, 0.6) is 0 Å². The zero-order valence-corrected chi connectivity index (χ0v) is 12.4. The van der Waals surface area contributed by atoms with Crippen LogP contribution in [0.3, 0.4) is 0 Å². The Hall–Kier alpha value is -0.820. The summed E-state index contributed by atoms with van der Waals surface area (Å²) in [6.45, 7) is 11.0. The summed E-state index contributed by atoms with van der Waals surface area (Å²) in [5.74, 6) is 2.52. The van der Waals surface area contributed by atoms with Crippen molar-refractivity contribution in [1.29, 1.82) is 0 Å². The molecule has 0 saturated heterocycles. The molecule has 1 heteroatoms. The van der Waals surface area contributed by atoms with Crippen molar-refractivity contribution in [1.82, 2.24) is 0 Å². The van der Waals surface area contributed by atoms with Crippen molar-refractivity contribution in [3.05, 3.63) is 36.5 Å². The highest BCUT2D eigenvalue weighted by Gasteiger charge is 2.61. The van der Waals surface area contributed by atoms with Crippen molar-refractivity contribution in [2.75, 3.05) is 0 Å². The van der Waals surface area contributed by atoms with Gasteiger partial charge in [-0.1, -0.05) is 57.2 Å². The highest BCUT2D eigenvalue weighted by Crippen LogP contribution is 2.67. The fourth-order valence-electron chi connectivity index (χ4n) is 4.87. The van der Waals surface area contributed by atoms with Crippen LogP contribution >= 0.6 is 0 Å². The molecule has 3 rings (SSSR count). The Morgan fingerprint density at radius 1 is 1.42 bits per heavy atom. The lowest BCUT2D eigenvalue weighted by Gasteiger charge is -2.39.